The van der Waals surface area contributed by atoms with Crippen LogP contribution in [-0.2, 0) is 6.42 Å². The highest BCUT2D eigenvalue weighted by molar-refractivity contribution is 6.01. The summed E-state index contributed by atoms with van der Waals surface area (Å²) in [6.45, 7) is 0. The molecule has 0 saturated heterocycles. The average Bonchev–Trinajstić information content (AvgIpc) is 3.27. The fourth-order valence-electron chi connectivity index (χ4n) is 2.85. The topological polar surface area (TPSA) is 114 Å². The maximum Gasteiger partial charge on any atom is 0.293 e. The monoisotopic (exact) mass is 429 g/mol. The summed E-state index contributed by atoms with van der Waals surface area (Å²) >= 11 is 0. The zero-order chi connectivity index (χ0) is 22.4. The summed E-state index contributed by atoms with van der Waals surface area (Å²) in [5, 5.41) is 2.56. The van der Waals surface area contributed by atoms with E-state index in [9.17, 15) is 4.79 Å². The Bertz CT molecular complexity index is 1020. The first-order valence-electron chi connectivity index (χ1n) is 9.17. The maximum absolute atomic E-state index is 12.6. The van der Waals surface area contributed by atoms with Crippen molar-refractivity contribution >= 4 is 11.9 Å². The summed E-state index contributed by atoms with van der Waals surface area (Å²) in [4.78, 5) is 20.7. The third-order valence-electron chi connectivity index (χ3n) is 4.38. The first-order chi connectivity index (χ1) is 15.0. The van der Waals surface area contributed by atoms with Crippen molar-refractivity contribution in [2.45, 2.75) is 6.42 Å². The second-order valence-electron chi connectivity index (χ2n) is 6.18. The number of amides is 1. The smallest absolute Gasteiger partial charge is 0.293 e. The number of aromatic nitrogens is 2. The van der Waals surface area contributed by atoms with Gasteiger partial charge in [0.2, 0.25) is 17.7 Å². The molecular formula is C21H23N3O7. The van der Waals surface area contributed by atoms with Gasteiger partial charge < -0.3 is 28.1 Å². The molecule has 1 N–H and O–H groups in total. The molecule has 10 heteroatoms. The van der Waals surface area contributed by atoms with Crippen molar-refractivity contribution in [3.8, 4) is 29.0 Å². The molecule has 0 saturated carbocycles. The van der Waals surface area contributed by atoms with Crippen LogP contribution in [-0.4, -0.2) is 51.4 Å². The zero-order valence-corrected chi connectivity index (χ0v) is 17.8. The van der Waals surface area contributed by atoms with Crippen molar-refractivity contribution in [2.24, 2.45) is 0 Å². The number of methoxy groups -OCH3 is 5. The molecule has 0 bridgehead atoms. The minimum Gasteiger partial charge on any atom is -0.496 e. The third-order valence-corrected chi connectivity index (χ3v) is 4.38. The molecule has 1 aromatic carbocycles. The number of furan rings is 1. The van der Waals surface area contributed by atoms with Gasteiger partial charge in [0.25, 0.3) is 5.91 Å². The molecule has 0 atom stereocenters. The van der Waals surface area contributed by atoms with Gasteiger partial charge >= 0.3 is 0 Å². The Balaban J connectivity index is 1.80. The number of carbonyl (C=O) groups is 1. The first kappa shape index (κ1) is 21.8. The van der Waals surface area contributed by atoms with E-state index in [4.69, 9.17) is 28.1 Å². The molecule has 2 aromatic heterocycles. The van der Waals surface area contributed by atoms with E-state index in [0.29, 0.717) is 29.4 Å². The Hall–Kier alpha value is -3.95. The molecule has 2 heterocycles. The number of benzene rings is 1. The van der Waals surface area contributed by atoms with Gasteiger partial charge in [-0.15, -0.1) is 0 Å². The van der Waals surface area contributed by atoms with Crippen LogP contribution in [0.15, 0.2) is 34.7 Å². The van der Waals surface area contributed by atoms with Crippen molar-refractivity contribution < 1.29 is 32.9 Å². The standard InChI is InChI=1S/C21H23N3O7/c1-26-13-9-16(27-2)14(17(10-13)28-3)8-12-6-7-15(31-12)20(25)24-21-22-18(29-4)11-19(23-21)30-5/h6-7,9-11H,8H2,1-5H3,(H,22,23,24,25). The highest BCUT2D eigenvalue weighted by atomic mass is 16.5. The number of ether oxygens (including phenoxy) is 5. The lowest BCUT2D eigenvalue weighted by Crippen LogP contribution is -2.14. The van der Waals surface area contributed by atoms with Crippen molar-refractivity contribution in [2.75, 3.05) is 40.9 Å². The van der Waals surface area contributed by atoms with E-state index < -0.39 is 5.91 Å². The molecule has 31 heavy (non-hydrogen) atoms. The Labute approximate surface area is 179 Å². The van der Waals surface area contributed by atoms with Gasteiger partial charge in [-0.05, 0) is 12.1 Å². The van der Waals surface area contributed by atoms with Crippen molar-refractivity contribution in [1.82, 2.24) is 9.97 Å². The predicted molar refractivity (Wildman–Crippen MR) is 111 cm³/mol. The van der Waals surface area contributed by atoms with Gasteiger partial charge in [-0.3, -0.25) is 10.1 Å². The summed E-state index contributed by atoms with van der Waals surface area (Å²) in [7, 11) is 7.58. The van der Waals surface area contributed by atoms with Crippen LogP contribution in [0.2, 0.25) is 0 Å². The zero-order valence-electron chi connectivity index (χ0n) is 17.8. The van der Waals surface area contributed by atoms with E-state index in [1.165, 1.54) is 20.3 Å². The lowest BCUT2D eigenvalue weighted by Gasteiger charge is -2.14. The molecule has 164 valence electrons. The predicted octanol–water partition coefficient (Wildman–Crippen LogP) is 2.96. The third kappa shape index (κ3) is 4.97. The Morgan fingerprint density at radius 1 is 0.871 bits per heavy atom. The number of hydrogen-bond acceptors (Lipinski definition) is 9. The summed E-state index contributed by atoms with van der Waals surface area (Å²) in [5.74, 6) is 2.40. The van der Waals surface area contributed by atoms with Crippen LogP contribution >= 0.6 is 0 Å². The fourth-order valence-corrected chi connectivity index (χ4v) is 2.85. The maximum atomic E-state index is 12.6. The van der Waals surface area contributed by atoms with Crippen LogP contribution in [0.4, 0.5) is 5.95 Å². The molecule has 0 fully saturated rings. The molecule has 0 spiro atoms. The van der Waals surface area contributed by atoms with Gasteiger partial charge in [0.1, 0.15) is 23.0 Å². The van der Waals surface area contributed by atoms with E-state index in [2.05, 4.69) is 15.3 Å². The molecule has 3 rings (SSSR count). The second-order valence-corrected chi connectivity index (χ2v) is 6.18. The van der Waals surface area contributed by atoms with Crippen molar-refractivity contribution in [1.29, 1.82) is 0 Å². The molecular weight excluding hydrogens is 406 g/mol. The van der Waals surface area contributed by atoms with Crippen LogP contribution < -0.4 is 29.0 Å². The number of anilines is 1. The van der Waals surface area contributed by atoms with Crippen LogP contribution in [0, 0.1) is 0 Å². The molecule has 3 aromatic rings. The molecule has 0 aliphatic carbocycles. The van der Waals surface area contributed by atoms with E-state index in [0.717, 1.165) is 5.56 Å². The lowest BCUT2D eigenvalue weighted by molar-refractivity contribution is 0.0994. The SMILES string of the molecule is COc1cc(OC)c(Cc2ccc(C(=O)Nc3nc(OC)cc(OC)n3)o2)c(OC)c1. The van der Waals surface area contributed by atoms with Gasteiger partial charge in [0.15, 0.2) is 5.76 Å². The minimum absolute atomic E-state index is 0.0256. The average molecular weight is 429 g/mol. The molecule has 0 aliphatic heterocycles. The number of nitrogens with one attached hydrogen (secondary N) is 1. The van der Waals surface area contributed by atoms with E-state index in [-0.39, 0.29) is 23.5 Å². The molecule has 10 nitrogen and oxygen atoms in total. The minimum atomic E-state index is -0.518. The lowest BCUT2D eigenvalue weighted by atomic mass is 10.1. The Kier molecular flexibility index (Phi) is 6.81. The van der Waals surface area contributed by atoms with Gasteiger partial charge in [0.05, 0.1) is 41.6 Å². The molecule has 0 aliphatic rings. The van der Waals surface area contributed by atoms with Crippen LogP contribution in [0.25, 0.3) is 0 Å². The summed E-state index contributed by atoms with van der Waals surface area (Å²) in [6.07, 6.45) is 0.340. The summed E-state index contributed by atoms with van der Waals surface area (Å²) in [5.41, 5.74) is 0.757. The van der Waals surface area contributed by atoms with Crippen molar-refractivity contribution in [3.05, 3.63) is 47.4 Å². The highest BCUT2D eigenvalue weighted by Crippen LogP contribution is 2.35. The number of carbonyl (C=O) groups excluding carboxylic acids is 1. The Morgan fingerprint density at radius 3 is 2.00 bits per heavy atom. The second kappa shape index (κ2) is 9.70. The summed E-state index contributed by atoms with van der Waals surface area (Å²) < 4.78 is 32.1. The molecule has 0 unspecified atom stereocenters. The largest absolute Gasteiger partial charge is 0.496 e. The fraction of sp³-hybridized carbons (Fsp3) is 0.286. The molecule has 0 radical (unpaired) electrons. The van der Waals surface area contributed by atoms with Gasteiger partial charge in [-0.25, -0.2) is 0 Å². The van der Waals surface area contributed by atoms with E-state index >= 15 is 0 Å². The van der Waals surface area contributed by atoms with Crippen molar-refractivity contribution in [3.63, 3.8) is 0 Å². The Morgan fingerprint density at radius 2 is 1.48 bits per heavy atom. The highest BCUT2D eigenvalue weighted by Gasteiger charge is 2.18. The van der Waals surface area contributed by atoms with Crippen LogP contribution in [0.3, 0.4) is 0 Å². The van der Waals surface area contributed by atoms with Gasteiger partial charge in [0, 0.05) is 24.1 Å². The molecule has 1 amide bonds. The number of rotatable bonds is 9. The normalized spacial score (nSPS) is 10.4. The van der Waals surface area contributed by atoms with E-state index in [1.807, 2.05) is 0 Å². The van der Waals surface area contributed by atoms with E-state index in [1.54, 1.807) is 45.6 Å². The number of hydrogen-bond donors (Lipinski definition) is 1. The number of nitrogens with zero attached hydrogens (tertiary/aromatic N) is 2. The summed E-state index contributed by atoms with van der Waals surface area (Å²) in [6, 6.07) is 8.26. The first-order valence-corrected chi connectivity index (χ1v) is 9.17. The quantitative estimate of drug-likeness (QED) is 0.548. The van der Waals surface area contributed by atoms with Crippen LogP contribution in [0.1, 0.15) is 21.9 Å². The van der Waals surface area contributed by atoms with Gasteiger partial charge in [-0.2, -0.15) is 9.97 Å². The van der Waals surface area contributed by atoms with Crippen LogP contribution in [0.5, 0.6) is 29.0 Å². The van der Waals surface area contributed by atoms with Gasteiger partial charge in [-0.1, -0.05) is 0 Å².